The number of rotatable bonds is 4. The van der Waals surface area contributed by atoms with Gasteiger partial charge in [-0.1, -0.05) is 32.1 Å². The number of ether oxygens (including phenoxy) is 1. The lowest BCUT2D eigenvalue weighted by Crippen LogP contribution is -2.44. The number of hydrogen-bond acceptors (Lipinski definition) is 1. The lowest BCUT2D eigenvalue weighted by atomic mass is 9.64. The fourth-order valence-corrected chi connectivity index (χ4v) is 4.51. The van der Waals surface area contributed by atoms with E-state index < -0.39 is 0 Å². The molecule has 1 aliphatic carbocycles. The van der Waals surface area contributed by atoms with E-state index in [9.17, 15) is 0 Å². The van der Waals surface area contributed by atoms with Crippen LogP contribution in [0.1, 0.15) is 79.1 Å². The van der Waals surface area contributed by atoms with E-state index in [-0.39, 0.29) is 11.2 Å². The lowest BCUT2D eigenvalue weighted by Gasteiger charge is -2.46. The molecule has 0 amide bonds. The second-order valence-corrected chi connectivity index (χ2v) is 8.51. The van der Waals surface area contributed by atoms with E-state index in [0.29, 0.717) is 11.3 Å². The van der Waals surface area contributed by atoms with Crippen molar-refractivity contribution in [1.29, 1.82) is 0 Å². The molecule has 1 saturated heterocycles. The average Bonchev–Trinajstić information content (AvgIpc) is 2.37. The summed E-state index contributed by atoms with van der Waals surface area (Å²) in [6.45, 7) is 17.6. The summed E-state index contributed by atoms with van der Waals surface area (Å²) in [5, 5.41) is 0. The predicted molar refractivity (Wildman–Crippen MR) is 91.4 cm³/mol. The summed E-state index contributed by atoms with van der Waals surface area (Å²) in [4.78, 5) is 0. The molecule has 0 spiro atoms. The van der Waals surface area contributed by atoms with Crippen molar-refractivity contribution < 1.29 is 4.74 Å². The van der Waals surface area contributed by atoms with Crippen LogP contribution in [0.4, 0.5) is 0 Å². The van der Waals surface area contributed by atoms with Crippen LogP contribution in [0.15, 0.2) is 24.8 Å². The first-order valence-electron chi connectivity index (χ1n) is 8.71. The third kappa shape index (κ3) is 3.80. The first-order chi connectivity index (χ1) is 9.70. The highest BCUT2D eigenvalue weighted by atomic mass is 16.5. The van der Waals surface area contributed by atoms with Gasteiger partial charge in [0, 0.05) is 0 Å². The average molecular weight is 290 g/mol. The van der Waals surface area contributed by atoms with E-state index in [1.165, 1.54) is 44.1 Å². The molecule has 0 aromatic heterocycles. The summed E-state index contributed by atoms with van der Waals surface area (Å²) in [5.41, 5.74) is 1.75. The maximum atomic E-state index is 6.46. The molecule has 2 aliphatic rings. The third-order valence-electron chi connectivity index (χ3n) is 6.01. The molecule has 1 nitrogen and oxygen atoms in total. The summed E-state index contributed by atoms with van der Waals surface area (Å²) in [6, 6.07) is 0. The molecule has 2 fully saturated rings. The Kier molecular flexibility index (Phi) is 4.73. The maximum absolute atomic E-state index is 6.46. The van der Waals surface area contributed by atoms with Gasteiger partial charge >= 0.3 is 0 Å². The molecule has 1 heteroatoms. The Balaban J connectivity index is 2.01. The second-order valence-electron chi connectivity index (χ2n) is 8.51. The van der Waals surface area contributed by atoms with Crippen molar-refractivity contribution in [2.75, 3.05) is 0 Å². The SMILES string of the molecule is C=C[C@@]1(C)CCC[C@@](C)(CCC2C(=C)CCCC2(C)C)O1. The zero-order valence-corrected chi connectivity index (χ0v) is 14.6. The van der Waals surface area contributed by atoms with Crippen LogP contribution in [0.3, 0.4) is 0 Å². The molecule has 1 heterocycles. The molecule has 0 N–H and O–H groups in total. The first kappa shape index (κ1) is 16.8. The van der Waals surface area contributed by atoms with E-state index in [4.69, 9.17) is 4.74 Å². The third-order valence-corrected chi connectivity index (χ3v) is 6.01. The van der Waals surface area contributed by atoms with Crippen molar-refractivity contribution >= 4 is 0 Å². The Labute approximate surface area is 131 Å². The van der Waals surface area contributed by atoms with E-state index in [1.807, 2.05) is 6.08 Å². The minimum Gasteiger partial charge on any atom is -0.365 e. The molecular formula is C20H34O. The first-order valence-corrected chi connectivity index (χ1v) is 8.71. The molecule has 21 heavy (non-hydrogen) atoms. The Hall–Kier alpha value is -0.560. The van der Waals surface area contributed by atoms with Crippen molar-refractivity contribution in [3.63, 3.8) is 0 Å². The minimum absolute atomic E-state index is 0.00893. The normalized spacial score (nSPS) is 40.0. The fourth-order valence-electron chi connectivity index (χ4n) is 4.51. The summed E-state index contributed by atoms with van der Waals surface area (Å²) < 4.78 is 6.46. The summed E-state index contributed by atoms with van der Waals surface area (Å²) >= 11 is 0. The fraction of sp³-hybridized carbons (Fsp3) is 0.800. The van der Waals surface area contributed by atoms with Gasteiger partial charge in [-0.3, -0.25) is 0 Å². The van der Waals surface area contributed by atoms with E-state index in [2.05, 4.69) is 40.9 Å². The molecule has 0 aromatic carbocycles. The summed E-state index contributed by atoms with van der Waals surface area (Å²) in [5.74, 6) is 0.656. The van der Waals surface area contributed by atoms with E-state index >= 15 is 0 Å². The molecule has 1 saturated carbocycles. The van der Waals surface area contributed by atoms with Crippen molar-refractivity contribution in [1.82, 2.24) is 0 Å². The van der Waals surface area contributed by atoms with Crippen molar-refractivity contribution in [3.05, 3.63) is 24.8 Å². The van der Waals surface area contributed by atoms with Crippen LogP contribution in [-0.2, 0) is 4.74 Å². The van der Waals surface area contributed by atoms with Crippen molar-refractivity contribution in [2.45, 2.75) is 90.3 Å². The molecule has 120 valence electrons. The highest BCUT2D eigenvalue weighted by Crippen LogP contribution is 2.47. The molecule has 0 radical (unpaired) electrons. The van der Waals surface area contributed by atoms with Crippen LogP contribution < -0.4 is 0 Å². The lowest BCUT2D eigenvalue weighted by molar-refractivity contribution is -0.155. The highest BCUT2D eigenvalue weighted by Gasteiger charge is 2.40. The number of hydrogen-bond donors (Lipinski definition) is 0. The van der Waals surface area contributed by atoms with Crippen LogP contribution in [0, 0.1) is 11.3 Å². The van der Waals surface area contributed by atoms with Gasteiger partial charge in [-0.15, -0.1) is 6.58 Å². The molecular weight excluding hydrogens is 256 g/mol. The molecule has 0 bridgehead atoms. The Bertz CT molecular complexity index is 408. The van der Waals surface area contributed by atoms with Gasteiger partial charge in [0.2, 0.25) is 0 Å². The van der Waals surface area contributed by atoms with Crippen LogP contribution in [0.25, 0.3) is 0 Å². The van der Waals surface area contributed by atoms with Crippen LogP contribution >= 0.6 is 0 Å². The summed E-state index contributed by atoms with van der Waals surface area (Å²) in [7, 11) is 0. The second kappa shape index (κ2) is 5.91. The topological polar surface area (TPSA) is 9.23 Å². The zero-order chi connectivity index (χ0) is 15.7. The predicted octanol–water partition coefficient (Wildman–Crippen LogP) is 6.05. The Morgan fingerprint density at radius 3 is 2.48 bits per heavy atom. The van der Waals surface area contributed by atoms with Crippen LogP contribution in [-0.4, -0.2) is 11.2 Å². The van der Waals surface area contributed by atoms with Gasteiger partial charge in [0.15, 0.2) is 0 Å². The molecule has 1 aliphatic heterocycles. The van der Waals surface area contributed by atoms with E-state index in [0.717, 1.165) is 12.8 Å². The van der Waals surface area contributed by atoms with Gasteiger partial charge in [0.1, 0.15) is 0 Å². The number of allylic oxidation sites excluding steroid dienone is 1. The van der Waals surface area contributed by atoms with Gasteiger partial charge in [-0.05, 0) is 76.5 Å². The minimum atomic E-state index is -0.133. The monoisotopic (exact) mass is 290 g/mol. The molecule has 0 aromatic rings. The molecule has 3 atom stereocenters. The quantitative estimate of drug-likeness (QED) is 0.572. The maximum Gasteiger partial charge on any atom is 0.0839 e. The Morgan fingerprint density at radius 2 is 1.86 bits per heavy atom. The van der Waals surface area contributed by atoms with Crippen molar-refractivity contribution in [2.24, 2.45) is 11.3 Å². The van der Waals surface area contributed by atoms with Gasteiger partial charge in [-0.2, -0.15) is 0 Å². The Morgan fingerprint density at radius 1 is 1.14 bits per heavy atom. The smallest absolute Gasteiger partial charge is 0.0839 e. The van der Waals surface area contributed by atoms with Gasteiger partial charge < -0.3 is 4.74 Å². The molecule has 1 unspecified atom stereocenters. The van der Waals surface area contributed by atoms with Crippen LogP contribution in [0.5, 0.6) is 0 Å². The molecule has 2 rings (SSSR count). The van der Waals surface area contributed by atoms with Crippen LogP contribution in [0.2, 0.25) is 0 Å². The summed E-state index contributed by atoms with van der Waals surface area (Å²) in [6.07, 6.45) is 11.7. The van der Waals surface area contributed by atoms with E-state index in [1.54, 1.807) is 0 Å². The van der Waals surface area contributed by atoms with Crippen molar-refractivity contribution in [3.8, 4) is 0 Å². The standard InChI is InChI=1S/C20H34O/c1-7-19(5)13-9-14-20(6,21-19)15-11-17-16(2)10-8-12-18(17,3)4/h7,17H,1-2,8-15H2,3-6H3/t17?,19-,20-/m0/s1. The zero-order valence-electron chi connectivity index (χ0n) is 14.6. The van der Waals surface area contributed by atoms with Gasteiger partial charge in [-0.25, -0.2) is 0 Å². The van der Waals surface area contributed by atoms with Gasteiger partial charge in [0.05, 0.1) is 11.2 Å². The highest BCUT2D eigenvalue weighted by molar-refractivity contribution is 5.10. The van der Waals surface area contributed by atoms with Gasteiger partial charge in [0.25, 0.3) is 0 Å². The largest absolute Gasteiger partial charge is 0.365 e.